The summed E-state index contributed by atoms with van der Waals surface area (Å²) in [4.78, 5) is 10.0. The summed E-state index contributed by atoms with van der Waals surface area (Å²) < 4.78 is 0. The van der Waals surface area contributed by atoms with Crippen LogP contribution >= 0.6 is 23.1 Å². The number of thiophene rings is 1. The van der Waals surface area contributed by atoms with Crippen LogP contribution in [0.25, 0.3) is 21.3 Å². The molecule has 2 aromatic heterocycles. The van der Waals surface area contributed by atoms with Gasteiger partial charge in [0.1, 0.15) is 16.2 Å². The van der Waals surface area contributed by atoms with E-state index in [0.717, 1.165) is 22.0 Å². The van der Waals surface area contributed by atoms with Gasteiger partial charge in [-0.3, -0.25) is 0 Å². The third-order valence-electron chi connectivity index (χ3n) is 3.60. The first-order valence-electron chi connectivity index (χ1n) is 7.13. The minimum absolute atomic E-state index is 1.08. The third kappa shape index (κ3) is 2.83. The molecular weight excluding hydrogens is 296 g/mol. The standard InChI is InChI=1S/C17H18N2S2/c1-4-7-20-16-15-14(9-21-17(15)19-10-18-16)13-6-5-11(2)12(3)8-13/h5-6,8-10H,4,7H2,1-3H3. The van der Waals surface area contributed by atoms with E-state index in [1.54, 1.807) is 17.7 Å². The molecule has 21 heavy (non-hydrogen) atoms. The average molecular weight is 314 g/mol. The van der Waals surface area contributed by atoms with Gasteiger partial charge in [0.2, 0.25) is 0 Å². The lowest BCUT2D eigenvalue weighted by Gasteiger charge is -2.07. The normalized spacial score (nSPS) is 11.2. The van der Waals surface area contributed by atoms with Crippen LogP contribution in [-0.4, -0.2) is 15.7 Å². The van der Waals surface area contributed by atoms with E-state index in [2.05, 4.69) is 54.3 Å². The third-order valence-corrected chi connectivity index (χ3v) is 5.68. The lowest BCUT2D eigenvalue weighted by atomic mass is 10.0. The van der Waals surface area contributed by atoms with Crippen molar-refractivity contribution in [2.45, 2.75) is 32.2 Å². The van der Waals surface area contributed by atoms with Crippen molar-refractivity contribution >= 4 is 33.3 Å². The summed E-state index contributed by atoms with van der Waals surface area (Å²) in [7, 11) is 0. The quantitative estimate of drug-likeness (QED) is 0.471. The fourth-order valence-electron chi connectivity index (χ4n) is 2.28. The summed E-state index contributed by atoms with van der Waals surface area (Å²) in [6.07, 6.45) is 2.83. The van der Waals surface area contributed by atoms with Crippen molar-refractivity contribution in [1.82, 2.24) is 9.97 Å². The molecule has 0 N–H and O–H groups in total. The Morgan fingerprint density at radius 1 is 1.14 bits per heavy atom. The van der Waals surface area contributed by atoms with Crippen molar-refractivity contribution in [3.8, 4) is 11.1 Å². The van der Waals surface area contributed by atoms with Crippen LogP contribution in [0.4, 0.5) is 0 Å². The number of hydrogen-bond donors (Lipinski definition) is 0. The summed E-state index contributed by atoms with van der Waals surface area (Å²) in [6, 6.07) is 6.65. The molecule has 0 aliphatic rings. The first-order valence-corrected chi connectivity index (χ1v) is 9.00. The highest BCUT2D eigenvalue weighted by atomic mass is 32.2. The second-order valence-electron chi connectivity index (χ2n) is 5.16. The van der Waals surface area contributed by atoms with Gasteiger partial charge in [-0.05, 0) is 42.7 Å². The molecule has 4 heteroatoms. The molecule has 0 fully saturated rings. The van der Waals surface area contributed by atoms with E-state index < -0.39 is 0 Å². The van der Waals surface area contributed by atoms with Crippen LogP contribution in [0.2, 0.25) is 0 Å². The van der Waals surface area contributed by atoms with E-state index in [1.165, 1.54) is 27.6 Å². The van der Waals surface area contributed by atoms with Gasteiger partial charge in [-0.1, -0.05) is 25.1 Å². The van der Waals surface area contributed by atoms with Gasteiger partial charge in [0.25, 0.3) is 0 Å². The Bertz CT molecular complexity index is 778. The largest absolute Gasteiger partial charge is 0.229 e. The van der Waals surface area contributed by atoms with Crippen molar-refractivity contribution in [1.29, 1.82) is 0 Å². The average Bonchev–Trinajstić information content (AvgIpc) is 2.92. The summed E-state index contributed by atoms with van der Waals surface area (Å²) in [5.74, 6) is 1.09. The highest BCUT2D eigenvalue weighted by Crippen LogP contribution is 2.38. The molecule has 2 heterocycles. The minimum atomic E-state index is 1.08. The number of thioether (sulfide) groups is 1. The van der Waals surface area contributed by atoms with E-state index in [0.29, 0.717) is 0 Å². The molecule has 108 valence electrons. The molecule has 0 saturated carbocycles. The predicted octanol–water partition coefficient (Wildman–Crippen LogP) is 5.48. The van der Waals surface area contributed by atoms with Crippen LogP contribution in [0.5, 0.6) is 0 Å². The van der Waals surface area contributed by atoms with Gasteiger partial charge in [0.05, 0.1) is 5.39 Å². The van der Waals surface area contributed by atoms with E-state index in [9.17, 15) is 0 Å². The van der Waals surface area contributed by atoms with E-state index in [-0.39, 0.29) is 0 Å². The lowest BCUT2D eigenvalue weighted by molar-refractivity contribution is 1.08. The minimum Gasteiger partial charge on any atom is -0.229 e. The van der Waals surface area contributed by atoms with Gasteiger partial charge < -0.3 is 0 Å². The van der Waals surface area contributed by atoms with Crippen molar-refractivity contribution in [2.24, 2.45) is 0 Å². The lowest BCUT2D eigenvalue weighted by Crippen LogP contribution is -1.88. The molecule has 0 atom stereocenters. The van der Waals surface area contributed by atoms with E-state index >= 15 is 0 Å². The zero-order chi connectivity index (χ0) is 14.8. The van der Waals surface area contributed by atoms with Crippen molar-refractivity contribution in [2.75, 3.05) is 5.75 Å². The molecule has 0 amide bonds. The summed E-state index contributed by atoms with van der Waals surface area (Å²) in [5, 5.41) is 4.53. The number of aromatic nitrogens is 2. The maximum atomic E-state index is 4.50. The summed E-state index contributed by atoms with van der Waals surface area (Å²) in [5.41, 5.74) is 5.18. The molecular formula is C17H18N2S2. The van der Waals surface area contributed by atoms with Crippen LogP contribution in [-0.2, 0) is 0 Å². The van der Waals surface area contributed by atoms with Gasteiger partial charge in [-0.2, -0.15) is 0 Å². The zero-order valence-electron chi connectivity index (χ0n) is 12.5. The van der Waals surface area contributed by atoms with Crippen LogP contribution in [0.15, 0.2) is 34.9 Å². The second kappa shape index (κ2) is 6.16. The maximum Gasteiger partial charge on any atom is 0.128 e. The zero-order valence-corrected chi connectivity index (χ0v) is 14.1. The Hall–Kier alpha value is -1.39. The monoisotopic (exact) mass is 314 g/mol. The van der Waals surface area contributed by atoms with Gasteiger partial charge in [0.15, 0.2) is 0 Å². The number of benzene rings is 1. The number of aryl methyl sites for hydroxylation is 2. The Labute approximate surface area is 133 Å². The Kier molecular flexibility index (Phi) is 4.27. The number of fused-ring (bicyclic) bond motifs is 1. The molecule has 0 saturated heterocycles. The van der Waals surface area contributed by atoms with Crippen molar-refractivity contribution in [3.63, 3.8) is 0 Å². The highest BCUT2D eigenvalue weighted by Gasteiger charge is 2.13. The molecule has 0 spiro atoms. The molecule has 3 aromatic rings. The molecule has 0 aliphatic carbocycles. The maximum absolute atomic E-state index is 4.50. The van der Waals surface area contributed by atoms with Gasteiger partial charge >= 0.3 is 0 Å². The fourth-order valence-corrected chi connectivity index (χ4v) is 4.13. The Morgan fingerprint density at radius 3 is 2.76 bits per heavy atom. The summed E-state index contributed by atoms with van der Waals surface area (Å²) >= 11 is 3.53. The first-order chi connectivity index (χ1) is 10.2. The second-order valence-corrected chi connectivity index (χ2v) is 7.10. The van der Waals surface area contributed by atoms with Crippen LogP contribution in [0.3, 0.4) is 0 Å². The van der Waals surface area contributed by atoms with Crippen LogP contribution in [0.1, 0.15) is 24.5 Å². The molecule has 0 aliphatic heterocycles. The number of rotatable bonds is 4. The summed E-state index contributed by atoms with van der Waals surface area (Å²) in [6.45, 7) is 6.51. The van der Waals surface area contributed by atoms with E-state index in [4.69, 9.17) is 0 Å². The first kappa shape index (κ1) is 14.5. The predicted molar refractivity (Wildman–Crippen MR) is 93.3 cm³/mol. The van der Waals surface area contributed by atoms with Gasteiger partial charge in [-0.25, -0.2) is 9.97 Å². The van der Waals surface area contributed by atoms with E-state index in [1.807, 2.05) is 11.8 Å². The SMILES string of the molecule is CCCSc1ncnc2scc(-c3ccc(C)c(C)c3)c12. The van der Waals surface area contributed by atoms with Crippen molar-refractivity contribution < 1.29 is 0 Å². The molecule has 0 bridgehead atoms. The van der Waals surface area contributed by atoms with Crippen molar-refractivity contribution in [3.05, 3.63) is 41.0 Å². The smallest absolute Gasteiger partial charge is 0.128 e. The van der Waals surface area contributed by atoms with Crippen LogP contribution in [0, 0.1) is 13.8 Å². The molecule has 3 rings (SSSR count). The molecule has 0 unspecified atom stereocenters. The Balaban J connectivity index is 2.15. The fraction of sp³-hybridized carbons (Fsp3) is 0.294. The molecule has 2 nitrogen and oxygen atoms in total. The number of nitrogens with zero attached hydrogens (tertiary/aromatic N) is 2. The van der Waals surface area contributed by atoms with Gasteiger partial charge in [-0.15, -0.1) is 23.1 Å². The van der Waals surface area contributed by atoms with Gasteiger partial charge in [0, 0.05) is 10.9 Å². The topological polar surface area (TPSA) is 25.8 Å². The molecule has 0 radical (unpaired) electrons. The highest BCUT2D eigenvalue weighted by molar-refractivity contribution is 7.99. The Morgan fingerprint density at radius 2 is 2.00 bits per heavy atom. The number of hydrogen-bond acceptors (Lipinski definition) is 4. The van der Waals surface area contributed by atoms with Crippen LogP contribution < -0.4 is 0 Å². The molecule has 1 aromatic carbocycles.